The van der Waals surface area contributed by atoms with Gasteiger partial charge in [-0.1, -0.05) is 18.2 Å². The van der Waals surface area contributed by atoms with Crippen LogP contribution in [-0.2, 0) is 24.4 Å². The lowest BCUT2D eigenvalue weighted by atomic mass is 9.86. The Labute approximate surface area is 201 Å². The van der Waals surface area contributed by atoms with Crippen LogP contribution < -0.4 is 20.3 Å². The van der Waals surface area contributed by atoms with Crippen molar-refractivity contribution in [2.45, 2.75) is 31.7 Å². The van der Waals surface area contributed by atoms with E-state index < -0.39 is 5.92 Å². The third-order valence-corrected chi connectivity index (χ3v) is 7.34. The van der Waals surface area contributed by atoms with E-state index in [-0.39, 0.29) is 42.9 Å². The van der Waals surface area contributed by atoms with Gasteiger partial charge in [0.05, 0.1) is 12.0 Å². The molecule has 0 radical (unpaired) electrons. The summed E-state index contributed by atoms with van der Waals surface area (Å²) in [6, 6.07) is 14.2. The minimum Gasteiger partial charge on any atom is -0.454 e. The molecule has 4 atom stereocenters. The summed E-state index contributed by atoms with van der Waals surface area (Å²) in [7, 11) is 0. The van der Waals surface area contributed by atoms with Crippen LogP contribution in [0.2, 0.25) is 0 Å². The van der Waals surface area contributed by atoms with E-state index >= 15 is 0 Å². The minimum absolute atomic E-state index is 0.0864. The smallest absolute Gasteiger partial charge is 0.250 e. The molecule has 0 saturated carbocycles. The molecule has 2 bridgehead atoms. The van der Waals surface area contributed by atoms with E-state index in [1.165, 1.54) is 0 Å². The van der Waals surface area contributed by atoms with Gasteiger partial charge in [-0.15, -0.1) is 0 Å². The molecule has 1 amide bonds. The number of nitrogens with zero attached hydrogens (tertiary/aromatic N) is 3. The maximum absolute atomic E-state index is 13.7. The van der Waals surface area contributed by atoms with Crippen molar-refractivity contribution in [3.05, 3.63) is 88.1 Å². The van der Waals surface area contributed by atoms with Crippen molar-refractivity contribution >= 4 is 5.91 Å². The third kappa shape index (κ3) is 3.77. The number of hydrogen-bond acceptors (Lipinski definition) is 7. The monoisotopic (exact) mass is 474 g/mol. The largest absolute Gasteiger partial charge is 0.454 e. The summed E-state index contributed by atoms with van der Waals surface area (Å²) in [4.78, 5) is 32.8. The molecule has 3 aliphatic heterocycles. The van der Waals surface area contributed by atoms with E-state index in [1.54, 1.807) is 22.9 Å². The van der Waals surface area contributed by atoms with Crippen LogP contribution in [0, 0.1) is 11.8 Å². The zero-order chi connectivity index (χ0) is 23.9. The lowest BCUT2D eigenvalue weighted by Crippen LogP contribution is -2.45. The molecule has 6 rings (SSSR count). The highest BCUT2D eigenvalue weighted by atomic mass is 16.7. The highest BCUT2D eigenvalue weighted by Crippen LogP contribution is 2.48. The topological polar surface area (TPSA) is 106 Å². The molecule has 180 valence electrons. The first-order valence-corrected chi connectivity index (χ1v) is 11.8. The molecule has 0 spiro atoms. The van der Waals surface area contributed by atoms with E-state index in [1.807, 2.05) is 42.6 Å². The molecule has 9 heteroatoms. The Hall–Kier alpha value is -3.69. The van der Waals surface area contributed by atoms with Crippen molar-refractivity contribution in [3.8, 4) is 11.5 Å². The minimum atomic E-state index is -0.508. The molecule has 2 aromatic heterocycles. The number of hydrogen-bond donors (Lipinski definition) is 2. The second-order valence-electron chi connectivity index (χ2n) is 9.22. The summed E-state index contributed by atoms with van der Waals surface area (Å²) in [5.41, 5.74) is 2.63. The molecule has 9 nitrogen and oxygen atoms in total. The Morgan fingerprint density at radius 3 is 2.83 bits per heavy atom. The van der Waals surface area contributed by atoms with Gasteiger partial charge < -0.3 is 24.5 Å². The van der Waals surface area contributed by atoms with Gasteiger partial charge in [0, 0.05) is 62.4 Å². The standard InChI is InChI=1S/C26H26N4O5/c31-14-18-20-13-29-19(4-1-5-23(29)32)25(30(20)12-17-3-2-8-27-10-17)24(18)26(33)28-11-16-6-7-21-22(9-16)35-15-34-21/h1-10,18,20,24-25,31H,11-15H2,(H,28,33)/t18-,20-,24+,25+/m0/s1. The normalized spacial score (nSPS) is 24.3. The van der Waals surface area contributed by atoms with Gasteiger partial charge in [0.15, 0.2) is 11.5 Å². The molecule has 1 fully saturated rings. The number of fused-ring (bicyclic) bond motifs is 5. The first kappa shape index (κ1) is 21.8. The summed E-state index contributed by atoms with van der Waals surface area (Å²) in [6.45, 7) is 1.39. The Kier molecular flexibility index (Phi) is 5.50. The van der Waals surface area contributed by atoms with Crippen molar-refractivity contribution in [1.82, 2.24) is 19.8 Å². The first-order chi connectivity index (χ1) is 17.1. The zero-order valence-corrected chi connectivity index (χ0v) is 19.0. The van der Waals surface area contributed by atoms with Crippen LogP contribution in [-0.4, -0.2) is 44.9 Å². The lowest BCUT2D eigenvalue weighted by Gasteiger charge is -2.38. The van der Waals surface area contributed by atoms with Crippen molar-refractivity contribution in [2.75, 3.05) is 13.4 Å². The molecule has 0 aliphatic carbocycles. The molecule has 1 saturated heterocycles. The molecule has 0 unspecified atom stereocenters. The number of aliphatic hydroxyl groups is 1. The number of ether oxygens (including phenoxy) is 2. The third-order valence-electron chi connectivity index (χ3n) is 7.34. The predicted octanol–water partition coefficient (Wildman–Crippen LogP) is 1.45. The molecule has 1 aromatic carbocycles. The molecule has 3 aliphatic rings. The summed E-state index contributed by atoms with van der Waals surface area (Å²) in [6.07, 6.45) is 3.54. The van der Waals surface area contributed by atoms with E-state index in [0.717, 1.165) is 16.8 Å². The van der Waals surface area contributed by atoms with Crippen LogP contribution in [0.4, 0.5) is 0 Å². The van der Waals surface area contributed by atoms with Crippen molar-refractivity contribution in [3.63, 3.8) is 0 Å². The summed E-state index contributed by atoms with van der Waals surface area (Å²) in [5.74, 6) is 0.393. The number of aromatic nitrogens is 2. The average molecular weight is 475 g/mol. The van der Waals surface area contributed by atoms with Crippen LogP contribution in [0.1, 0.15) is 22.9 Å². The van der Waals surface area contributed by atoms with Crippen LogP contribution in [0.15, 0.2) is 65.7 Å². The predicted molar refractivity (Wildman–Crippen MR) is 125 cm³/mol. The van der Waals surface area contributed by atoms with E-state index in [2.05, 4.69) is 15.2 Å². The summed E-state index contributed by atoms with van der Waals surface area (Å²) in [5, 5.41) is 13.5. The summed E-state index contributed by atoms with van der Waals surface area (Å²) >= 11 is 0. The fourth-order valence-corrected chi connectivity index (χ4v) is 5.75. The molecule has 5 heterocycles. The molecule has 3 aromatic rings. The molecule has 2 N–H and O–H groups in total. The number of pyridine rings is 2. The van der Waals surface area contributed by atoms with Gasteiger partial charge in [0.25, 0.3) is 5.56 Å². The van der Waals surface area contributed by atoms with Gasteiger partial charge in [-0.2, -0.15) is 0 Å². The molecule has 35 heavy (non-hydrogen) atoms. The Balaban J connectivity index is 1.31. The SMILES string of the molecule is O=C(NCc1ccc2c(c1)OCO2)[C@@H]1[C@@H](CO)[C@@H]2Cn3c(cccc3=O)[C@H]1N2Cc1cccnc1. The number of carbonyl (C=O) groups excluding carboxylic acids is 1. The van der Waals surface area contributed by atoms with Crippen LogP contribution in [0.3, 0.4) is 0 Å². The van der Waals surface area contributed by atoms with Gasteiger partial charge in [-0.05, 0) is 35.4 Å². The Morgan fingerprint density at radius 1 is 1.11 bits per heavy atom. The number of amides is 1. The fourth-order valence-electron chi connectivity index (χ4n) is 5.75. The average Bonchev–Trinajstić information content (AvgIpc) is 3.42. The maximum Gasteiger partial charge on any atom is 0.250 e. The second kappa shape index (κ2) is 8.83. The van der Waals surface area contributed by atoms with Gasteiger partial charge in [-0.25, -0.2) is 0 Å². The van der Waals surface area contributed by atoms with Crippen LogP contribution in [0.5, 0.6) is 11.5 Å². The number of aliphatic hydroxyl groups excluding tert-OH is 1. The van der Waals surface area contributed by atoms with Gasteiger partial charge >= 0.3 is 0 Å². The number of rotatable bonds is 6. The Bertz CT molecular complexity index is 1310. The molecular weight excluding hydrogens is 448 g/mol. The fraction of sp³-hybridized carbons (Fsp3) is 0.346. The summed E-state index contributed by atoms with van der Waals surface area (Å²) < 4.78 is 12.6. The Morgan fingerprint density at radius 2 is 2.00 bits per heavy atom. The van der Waals surface area contributed by atoms with E-state index in [0.29, 0.717) is 31.1 Å². The van der Waals surface area contributed by atoms with Gasteiger partial charge in [0.1, 0.15) is 0 Å². The van der Waals surface area contributed by atoms with Crippen molar-refractivity contribution < 1.29 is 19.4 Å². The quantitative estimate of drug-likeness (QED) is 0.557. The van der Waals surface area contributed by atoms with Crippen LogP contribution >= 0.6 is 0 Å². The lowest BCUT2D eigenvalue weighted by molar-refractivity contribution is -0.127. The maximum atomic E-state index is 13.7. The number of carbonyl (C=O) groups is 1. The number of nitrogens with one attached hydrogen (secondary N) is 1. The van der Waals surface area contributed by atoms with E-state index in [9.17, 15) is 14.7 Å². The highest BCUT2D eigenvalue weighted by molar-refractivity contribution is 5.80. The van der Waals surface area contributed by atoms with Crippen LogP contribution in [0.25, 0.3) is 0 Å². The highest BCUT2D eigenvalue weighted by Gasteiger charge is 2.55. The van der Waals surface area contributed by atoms with Crippen molar-refractivity contribution in [2.24, 2.45) is 11.8 Å². The first-order valence-electron chi connectivity index (χ1n) is 11.8. The van der Waals surface area contributed by atoms with Crippen molar-refractivity contribution in [1.29, 1.82) is 0 Å². The molecular formula is C26H26N4O5. The van der Waals surface area contributed by atoms with Gasteiger partial charge in [0.2, 0.25) is 12.7 Å². The van der Waals surface area contributed by atoms with E-state index in [4.69, 9.17) is 9.47 Å². The second-order valence-corrected chi connectivity index (χ2v) is 9.22. The zero-order valence-electron chi connectivity index (χ0n) is 19.0. The van der Waals surface area contributed by atoms with Gasteiger partial charge in [-0.3, -0.25) is 19.5 Å². The number of benzene rings is 1.